The van der Waals surface area contributed by atoms with Gasteiger partial charge in [0.25, 0.3) is 0 Å². The molecule has 0 aromatic carbocycles. The first kappa shape index (κ1) is 30.4. The van der Waals surface area contributed by atoms with Crippen LogP contribution in [0.1, 0.15) is 155 Å². The smallest absolute Gasteiger partial charge is 0.550 e. The molecular weight excluding hydrogens is 440 g/mol. The number of carbonyl (C=O) groups excluding carboxylic acids is 1. The van der Waals surface area contributed by atoms with Gasteiger partial charge in [-0.05, 0) is 12.8 Å². The molecule has 0 rings (SSSR count). The Balaban J connectivity index is 0. The molecular formula is C25H49AgO2. The Morgan fingerprint density at radius 1 is 0.464 bits per heavy atom. The van der Waals surface area contributed by atoms with Crippen molar-refractivity contribution in [1.82, 2.24) is 0 Å². The van der Waals surface area contributed by atoms with Crippen LogP contribution in [0.2, 0.25) is 0 Å². The molecule has 0 saturated heterocycles. The number of hydrogen-bond donors (Lipinski definition) is 0. The van der Waals surface area contributed by atoms with Crippen LogP contribution in [0, 0.1) is 0 Å². The molecule has 3 heteroatoms. The molecule has 28 heavy (non-hydrogen) atoms. The van der Waals surface area contributed by atoms with E-state index >= 15 is 0 Å². The summed E-state index contributed by atoms with van der Waals surface area (Å²) in [6.07, 6.45) is 30.2. The van der Waals surface area contributed by atoms with Gasteiger partial charge in [-0.2, -0.15) is 0 Å². The van der Waals surface area contributed by atoms with Crippen molar-refractivity contribution in [1.29, 1.82) is 0 Å². The summed E-state index contributed by atoms with van der Waals surface area (Å²) in [6.45, 7) is 2.29. The minimum atomic E-state index is -0.900. The second kappa shape index (κ2) is 27.2. The van der Waals surface area contributed by atoms with Gasteiger partial charge in [-0.15, -0.1) is 0 Å². The van der Waals surface area contributed by atoms with Crippen molar-refractivity contribution < 1.29 is 32.3 Å². The Bertz CT molecular complexity index is 294. The molecule has 0 radical (unpaired) electrons. The molecule has 0 atom stereocenters. The summed E-state index contributed by atoms with van der Waals surface area (Å²) in [7, 11) is 0. The molecule has 0 unspecified atom stereocenters. The van der Waals surface area contributed by atoms with Crippen molar-refractivity contribution >= 4 is 5.97 Å². The number of rotatable bonds is 23. The van der Waals surface area contributed by atoms with Crippen molar-refractivity contribution in [2.75, 3.05) is 0 Å². The van der Waals surface area contributed by atoms with Crippen molar-refractivity contribution in [3.05, 3.63) is 0 Å². The summed E-state index contributed by atoms with van der Waals surface area (Å²) < 4.78 is 0. The van der Waals surface area contributed by atoms with Gasteiger partial charge in [0.15, 0.2) is 0 Å². The van der Waals surface area contributed by atoms with E-state index in [9.17, 15) is 9.90 Å². The standard InChI is InChI=1S/C25H50O2.Ag/c1-2-3-4-5-6-7-8-9-10-11-12-13-14-15-16-17-18-19-20-21-22-23-24-25(26)27;/h2-24H2,1H3,(H,26,27);/q;+1/p-1. The summed E-state index contributed by atoms with van der Waals surface area (Å²) in [5.41, 5.74) is 0. The number of hydrogen-bond acceptors (Lipinski definition) is 2. The van der Waals surface area contributed by atoms with E-state index in [1.54, 1.807) is 0 Å². The van der Waals surface area contributed by atoms with E-state index in [0.717, 1.165) is 12.8 Å². The van der Waals surface area contributed by atoms with Crippen LogP contribution < -0.4 is 5.11 Å². The van der Waals surface area contributed by atoms with Gasteiger partial charge in [0.05, 0.1) is 0 Å². The quantitative estimate of drug-likeness (QED) is 0.109. The van der Waals surface area contributed by atoms with Crippen LogP contribution in [-0.4, -0.2) is 5.97 Å². The molecule has 0 aliphatic carbocycles. The van der Waals surface area contributed by atoms with E-state index < -0.39 is 5.97 Å². The van der Waals surface area contributed by atoms with E-state index in [1.165, 1.54) is 128 Å². The van der Waals surface area contributed by atoms with Crippen LogP contribution in [-0.2, 0) is 27.2 Å². The zero-order chi connectivity index (χ0) is 19.8. The Morgan fingerprint density at radius 3 is 0.893 bits per heavy atom. The average molecular weight is 490 g/mol. The summed E-state index contributed by atoms with van der Waals surface area (Å²) in [4.78, 5) is 10.3. The number of carbonyl (C=O) groups is 1. The summed E-state index contributed by atoms with van der Waals surface area (Å²) in [5.74, 6) is -0.900. The SMILES string of the molecule is CCCCCCCCCCCCCCCCCCCCCCCCC(=O)[O-].[Ag+]. The predicted molar refractivity (Wildman–Crippen MR) is 117 cm³/mol. The molecule has 2 nitrogen and oxygen atoms in total. The second-order valence-corrected chi connectivity index (χ2v) is 8.55. The summed E-state index contributed by atoms with van der Waals surface area (Å²) in [6, 6.07) is 0. The molecule has 0 aliphatic rings. The summed E-state index contributed by atoms with van der Waals surface area (Å²) >= 11 is 0. The average Bonchev–Trinajstić information content (AvgIpc) is 2.65. The zero-order valence-electron chi connectivity index (χ0n) is 18.9. The van der Waals surface area contributed by atoms with Crippen molar-refractivity contribution in [3.63, 3.8) is 0 Å². The first-order valence-corrected chi connectivity index (χ1v) is 12.5. The predicted octanol–water partition coefficient (Wildman–Crippen LogP) is 7.73. The first-order chi connectivity index (χ1) is 13.3. The van der Waals surface area contributed by atoms with Crippen molar-refractivity contribution in [2.45, 2.75) is 155 Å². The van der Waals surface area contributed by atoms with Crippen LogP contribution in [0.25, 0.3) is 0 Å². The third kappa shape index (κ3) is 28.4. The van der Waals surface area contributed by atoms with Crippen LogP contribution in [0.4, 0.5) is 0 Å². The zero-order valence-corrected chi connectivity index (χ0v) is 20.4. The topological polar surface area (TPSA) is 40.1 Å². The number of unbranched alkanes of at least 4 members (excludes halogenated alkanes) is 21. The first-order valence-electron chi connectivity index (χ1n) is 12.5. The van der Waals surface area contributed by atoms with Crippen LogP contribution >= 0.6 is 0 Å². The molecule has 0 aromatic rings. The maximum absolute atomic E-state index is 10.3. The van der Waals surface area contributed by atoms with E-state index in [0.29, 0.717) is 0 Å². The normalized spacial score (nSPS) is 10.8. The second-order valence-electron chi connectivity index (χ2n) is 8.55. The van der Waals surface area contributed by atoms with Crippen LogP contribution in [0.15, 0.2) is 0 Å². The molecule has 0 saturated carbocycles. The van der Waals surface area contributed by atoms with Gasteiger partial charge < -0.3 is 9.90 Å². The maximum Gasteiger partial charge on any atom is 1.00 e. The largest absolute Gasteiger partial charge is 1.00 e. The van der Waals surface area contributed by atoms with Gasteiger partial charge in [-0.25, -0.2) is 0 Å². The number of carboxylic acid groups (broad SMARTS) is 1. The van der Waals surface area contributed by atoms with Gasteiger partial charge in [-0.1, -0.05) is 142 Å². The van der Waals surface area contributed by atoms with Crippen molar-refractivity contribution in [3.8, 4) is 0 Å². The molecule has 0 N–H and O–H groups in total. The minimum absolute atomic E-state index is 0. The maximum atomic E-state index is 10.3. The van der Waals surface area contributed by atoms with Gasteiger partial charge in [0.1, 0.15) is 0 Å². The molecule has 0 aromatic heterocycles. The molecule has 0 spiro atoms. The van der Waals surface area contributed by atoms with Gasteiger partial charge in [0, 0.05) is 5.97 Å². The summed E-state index contributed by atoms with van der Waals surface area (Å²) in [5, 5.41) is 10.3. The fraction of sp³-hybridized carbons (Fsp3) is 0.960. The van der Waals surface area contributed by atoms with Crippen molar-refractivity contribution in [2.24, 2.45) is 0 Å². The Morgan fingerprint density at radius 2 is 0.679 bits per heavy atom. The Hall–Kier alpha value is 0.210. The Kier molecular flexibility index (Phi) is 29.5. The van der Waals surface area contributed by atoms with Gasteiger partial charge in [-0.3, -0.25) is 0 Å². The monoisotopic (exact) mass is 488 g/mol. The molecule has 172 valence electrons. The van der Waals surface area contributed by atoms with Crippen LogP contribution in [0.3, 0.4) is 0 Å². The van der Waals surface area contributed by atoms with E-state index in [-0.39, 0.29) is 28.8 Å². The number of aliphatic carboxylic acids is 1. The molecule has 0 aliphatic heterocycles. The van der Waals surface area contributed by atoms with Crippen LogP contribution in [0.5, 0.6) is 0 Å². The third-order valence-electron chi connectivity index (χ3n) is 5.73. The fourth-order valence-electron chi connectivity index (χ4n) is 3.88. The third-order valence-corrected chi connectivity index (χ3v) is 5.73. The van der Waals surface area contributed by atoms with E-state index in [1.807, 2.05) is 0 Å². The van der Waals surface area contributed by atoms with E-state index in [2.05, 4.69) is 6.92 Å². The molecule has 0 bridgehead atoms. The number of carboxylic acids is 1. The fourth-order valence-corrected chi connectivity index (χ4v) is 3.88. The van der Waals surface area contributed by atoms with Gasteiger partial charge >= 0.3 is 22.4 Å². The van der Waals surface area contributed by atoms with E-state index in [4.69, 9.17) is 0 Å². The molecule has 0 fully saturated rings. The molecule has 0 amide bonds. The van der Waals surface area contributed by atoms with Gasteiger partial charge in [0.2, 0.25) is 0 Å². The minimum Gasteiger partial charge on any atom is -0.550 e. The Labute approximate surface area is 192 Å². The molecule has 0 heterocycles.